The van der Waals surface area contributed by atoms with Crippen LogP contribution in [-0.4, -0.2) is 18.1 Å². The molecule has 0 aliphatic heterocycles. The predicted molar refractivity (Wildman–Crippen MR) is 56.9 cm³/mol. The van der Waals surface area contributed by atoms with Gasteiger partial charge in [-0.25, -0.2) is 4.98 Å². The first-order valence-electron chi connectivity index (χ1n) is 4.83. The van der Waals surface area contributed by atoms with Gasteiger partial charge in [-0.3, -0.25) is 0 Å². The molecule has 1 heterocycles. The summed E-state index contributed by atoms with van der Waals surface area (Å²) in [5.41, 5.74) is 0. The molecule has 3 heteroatoms. The van der Waals surface area contributed by atoms with E-state index in [1.54, 1.807) is 6.20 Å². The number of nitrogens with zero attached hydrogens (tertiary/aromatic N) is 3. The van der Waals surface area contributed by atoms with Crippen molar-refractivity contribution in [2.24, 2.45) is 5.92 Å². The van der Waals surface area contributed by atoms with Crippen LogP contribution < -0.4 is 4.90 Å². The summed E-state index contributed by atoms with van der Waals surface area (Å²) >= 11 is 0. The molecule has 0 amide bonds. The third-order valence-electron chi connectivity index (χ3n) is 2.07. The molecular weight excluding hydrogens is 174 g/mol. The Balaban J connectivity index is 2.69. The summed E-state index contributed by atoms with van der Waals surface area (Å²) in [7, 11) is 0. The highest BCUT2D eigenvalue weighted by Crippen LogP contribution is 2.10. The van der Waals surface area contributed by atoms with E-state index in [0.717, 1.165) is 18.9 Å². The molecule has 3 nitrogen and oxygen atoms in total. The summed E-state index contributed by atoms with van der Waals surface area (Å²) < 4.78 is 0. The maximum Gasteiger partial charge on any atom is 0.128 e. The Labute approximate surface area is 85.0 Å². The number of hydrogen-bond donors (Lipinski definition) is 0. The van der Waals surface area contributed by atoms with Gasteiger partial charge in [-0.05, 0) is 26.0 Å². The minimum atomic E-state index is 0.0388. The molecule has 1 aromatic rings. The molecule has 0 saturated heterocycles. The molecular formula is C11H15N3. The fourth-order valence-electron chi connectivity index (χ4n) is 1.30. The van der Waals surface area contributed by atoms with Gasteiger partial charge in [-0.1, -0.05) is 6.07 Å². The largest absolute Gasteiger partial charge is 0.356 e. The van der Waals surface area contributed by atoms with Gasteiger partial charge in [0.2, 0.25) is 0 Å². The highest BCUT2D eigenvalue weighted by Gasteiger charge is 2.08. The van der Waals surface area contributed by atoms with Gasteiger partial charge in [-0.15, -0.1) is 0 Å². The Morgan fingerprint density at radius 2 is 2.36 bits per heavy atom. The van der Waals surface area contributed by atoms with Crippen molar-refractivity contribution < 1.29 is 0 Å². The van der Waals surface area contributed by atoms with Crippen molar-refractivity contribution in [1.82, 2.24) is 4.98 Å². The summed E-state index contributed by atoms with van der Waals surface area (Å²) in [5.74, 6) is 0.981. The number of hydrogen-bond acceptors (Lipinski definition) is 3. The van der Waals surface area contributed by atoms with Gasteiger partial charge in [0.1, 0.15) is 5.82 Å². The molecule has 0 saturated carbocycles. The maximum atomic E-state index is 8.73. The lowest BCUT2D eigenvalue weighted by Crippen LogP contribution is -2.28. The summed E-state index contributed by atoms with van der Waals surface area (Å²) in [6.07, 6.45) is 1.77. The smallest absolute Gasteiger partial charge is 0.128 e. The molecule has 14 heavy (non-hydrogen) atoms. The van der Waals surface area contributed by atoms with Crippen LogP contribution in [0, 0.1) is 17.2 Å². The number of nitriles is 1. The number of aromatic nitrogens is 1. The third kappa shape index (κ3) is 2.74. The Hall–Kier alpha value is -1.56. The molecule has 0 N–H and O–H groups in total. The molecule has 0 radical (unpaired) electrons. The quantitative estimate of drug-likeness (QED) is 0.728. The molecule has 1 unspecified atom stereocenters. The van der Waals surface area contributed by atoms with Gasteiger partial charge < -0.3 is 4.90 Å². The molecule has 0 bridgehead atoms. The van der Waals surface area contributed by atoms with Crippen LogP contribution in [0.25, 0.3) is 0 Å². The van der Waals surface area contributed by atoms with E-state index in [-0.39, 0.29) is 5.92 Å². The van der Waals surface area contributed by atoms with E-state index in [1.807, 2.05) is 25.1 Å². The van der Waals surface area contributed by atoms with Crippen LogP contribution in [0.3, 0.4) is 0 Å². The van der Waals surface area contributed by atoms with Crippen LogP contribution in [0.5, 0.6) is 0 Å². The Morgan fingerprint density at radius 1 is 1.57 bits per heavy atom. The van der Waals surface area contributed by atoms with Crippen LogP contribution in [0.15, 0.2) is 24.4 Å². The average molecular weight is 189 g/mol. The molecule has 1 rings (SSSR count). The molecule has 0 aliphatic carbocycles. The first-order valence-corrected chi connectivity index (χ1v) is 4.83. The maximum absolute atomic E-state index is 8.73. The van der Waals surface area contributed by atoms with Gasteiger partial charge in [0.15, 0.2) is 0 Å². The molecule has 1 atom stereocenters. The minimum Gasteiger partial charge on any atom is -0.356 e. The van der Waals surface area contributed by atoms with Crippen molar-refractivity contribution in [2.75, 3.05) is 18.0 Å². The van der Waals surface area contributed by atoms with Crippen molar-refractivity contribution in [3.8, 4) is 6.07 Å². The van der Waals surface area contributed by atoms with Gasteiger partial charge in [-0.2, -0.15) is 5.26 Å². The van der Waals surface area contributed by atoms with Crippen LogP contribution >= 0.6 is 0 Å². The van der Waals surface area contributed by atoms with E-state index in [9.17, 15) is 0 Å². The van der Waals surface area contributed by atoms with Crippen molar-refractivity contribution in [3.63, 3.8) is 0 Å². The standard InChI is InChI=1S/C11H15N3/c1-3-14(9-10(2)8-12)11-6-4-5-7-13-11/h4-7,10H,3,9H2,1-2H3. The highest BCUT2D eigenvalue weighted by atomic mass is 15.2. The normalized spacial score (nSPS) is 11.8. The predicted octanol–water partition coefficient (Wildman–Crippen LogP) is 2.07. The minimum absolute atomic E-state index is 0.0388. The van der Waals surface area contributed by atoms with Gasteiger partial charge >= 0.3 is 0 Å². The zero-order chi connectivity index (χ0) is 10.4. The number of anilines is 1. The number of rotatable bonds is 4. The van der Waals surface area contributed by atoms with Crippen molar-refractivity contribution >= 4 is 5.82 Å². The summed E-state index contributed by atoms with van der Waals surface area (Å²) in [4.78, 5) is 6.36. The zero-order valence-electron chi connectivity index (χ0n) is 8.64. The summed E-state index contributed by atoms with van der Waals surface area (Å²) in [6.45, 7) is 5.61. The van der Waals surface area contributed by atoms with Crippen LogP contribution in [0.1, 0.15) is 13.8 Å². The lowest BCUT2D eigenvalue weighted by molar-refractivity contribution is 0.679. The van der Waals surface area contributed by atoms with Crippen molar-refractivity contribution in [1.29, 1.82) is 5.26 Å². The molecule has 74 valence electrons. The van der Waals surface area contributed by atoms with Gasteiger partial charge in [0.25, 0.3) is 0 Å². The molecule has 0 fully saturated rings. The zero-order valence-corrected chi connectivity index (χ0v) is 8.64. The molecule has 0 aliphatic rings. The van der Waals surface area contributed by atoms with Crippen LogP contribution in [0.2, 0.25) is 0 Å². The topological polar surface area (TPSA) is 39.9 Å². The molecule has 0 aromatic carbocycles. The highest BCUT2D eigenvalue weighted by molar-refractivity contribution is 5.37. The first kappa shape index (κ1) is 10.5. The van der Waals surface area contributed by atoms with E-state index in [2.05, 4.69) is 22.9 Å². The third-order valence-corrected chi connectivity index (χ3v) is 2.07. The van der Waals surface area contributed by atoms with E-state index in [0.29, 0.717) is 0 Å². The summed E-state index contributed by atoms with van der Waals surface area (Å²) in [6, 6.07) is 8.05. The van der Waals surface area contributed by atoms with Crippen LogP contribution in [0.4, 0.5) is 5.82 Å². The summed E-state index contributed by atoms with van der Waals surface area (Å²) in [5, 5.41) is 8.73. The second kappa shape index (κ2) is 5.23. The molecule has 1 aromatic heterocycles. The fraction of sp³-hybridized carbons (Fsp3) is 0.455. The fourth-order valence-corrected chi connectivity index (χ4v) is 1.30. The SMILES string of the molecule is CCN(CC(C)C#N)c1ccccn1. The Morgan fingerprint density at radius 3 is 2.86 bits per heavy atom. The van der Waals surface area contributed by atoms with Gasteiger partial charge in [0, 0.05) is 19.3 Å². The Bertz CT molecular complexity index is 302. The van der Waals surface area contributed by atoms with Crippen molar-refractivity contribution in [2.45, 2.75) is 13.8 Å². The second-order valence-electron chi connectivity index (χ2n) is 3.26. The first-order chi connectivity index (χ1) is 6.77. The van der Waals surface area contributed by atoms with E-state index in [4.69, 9.17) is 5.26 Å². The van der Waals surface area contributed by atoms with E-state index < -0.39 is 0 Å². The van der Waals surface area contributed by atoms with Crippen molar-refractivity contribution in [3.05, 3.63) is 24.4 Å². The van der Waals surface area contributed by atoms with E-state index in [1.165, 1.54) is 0 Å². The lowest BCUT2D eigenvalue weighted by Gasteiger charge is -2.22. The van der Waals surface area contributed by atoms with E-state index >= 15 is 0 Å². The van der Waals surface area contributed by atoms with Crippen LogP contribution in [-0.2, 0) is 0 Å². The Kier molecular flexibility index (Phi) is 3.93. The molecule has 0 spiro atoms. The second-order valence-corrected chi connectivity index (χ2v) is 3.26. The van der Waals surface area contributed by atoms with Gasteiger partial charge in [0.05, 0.1) is 12.0 Å². The number of pyridine rings is 1. The average Bonchev–Trinajstić information content (AvgIpc) is 2.26. The lowest BCUT2D eigenvalue weighted by atomic mass is 10.2. The monoisotopic (exact) mass is 189 g/mol.